The third-order valence-electron chi connectivity index (χ3n) is 5.83. The summed E-state index contributed by atoms with van der Waals surface area (Å²) in [5.41, 5.74) is 4.18. The van der Waals surface area contributed by atoms with Crippen molar-refractivity contribution in [1.82, 2.24) is 15.1 Å². The van der Waals surface area contributed by atoms with Gasteiger partial charge in [0.1, 0.15) is 17.7 Å². The molecule has 4 aromatic rings. The molecule has 0 unspecified atom stereocenters. The molecule has 182 valence electrons. The quantitative estimate of drug-likeness (QED) is 0.349. The van der Waals surface area contributed by atoms with E-state index in [1.165, 1.54) is 12.1 Å². The molecule has 8 heteroatoms. The molecule has 0 aliphatic heterocycles. The number of hydrogen-bond acceptors (Lipinski definition) is 3. The zero-order valence-corrected chi connectivity index (χ0v) is 19.9. The fourth-order valence-corrected chi connectivity index (χ4v) is 3.93. The zero-order valence-electron chi connectivity index (χ0n) is 19.9. The summed E-state index contributed by atoms with van der Waals surface area (Å²) >= 11 is 0. The van der Waals surface area contributed by atoms with E-state index < -0.39 is 24.0 Å². The Bertz CT molecular complexity index is 1360. The minimum absolute atomic E-state index is 0.333. The van der Waals surface area contributed by atoms with E-state index in [0.29, 0.717) is 18.4 Å². The van der Waals surface area contributed by atoms with Gasteiger partial charge in [0.2, 0.25) is 0 Å². The van der Waals surface area contributed by atoms with Crippen LogP contribution in [0.1, 0.15) is 36.6 Å². The molecule has 0 aliphatic carbocycles. The van der Waals surface area contributed by atoms with Crippen molar-refractivity contribution in [2.45, 2.75) is 45.8 Å². The predicted molar refractivity (Wildman–Crippen MR) is 129 cm³/mol. The number of alkyl halides is 2. The van der Waals surface area contributed by atoms with Crippen molar-refractivity contribution in [3.8, 4) is 11.4 Å². The van der Waals surface area contributed by atoms with Gasteiger partial charge in [-0.15, -0.1) is 0 Å². The number of rotatable bonds is 7. The van der Waals surface area contributed by atoms with Crippen LogP contribution in [-0.4, -0.2) is 27.7 Å². The van der Waals surface area contributed by atoms with Crippen molar-refractivity contribution in [1.29, 1.82) is 0 Å². The number of halogens is 3. The third kappa shape index (κ3) is 5.31. The van der Waals surface area contributed by atoms with Crippen LogP contribution in [0.2, 0.25) is 0 Å². The maximum absolute atomic E-state index is 13.6. The molecule has 1 amide bonds. The smallest absolute Gasteiger partial charge is 0.321 e. The van der Waals surface area contributed by atoms with Crippen molar-refractivity contribution >= 4 is 16.8 Å². The number of nitrogens with one attached hydrogen (secondary N) is 1. The van der Waals surface area contributed by atoms with Crippen LogP contribution in [0.5, 0.6) is 5.75 Å². The summed E-state index contributed by atoms with van der Waals surface area (Å²) < 4.78 is 48.4. The second kappa shape index (κ2) is 9.44. The first-order valence-electron chi connectivity index (χ1n) is 11.2. The van der Waals surface area contributed by atoms with Crippen molar-refractivity contribution in [3.63, 3.8) is 0 Å². The topological polar surface area (TPSA) is 56.1 Å². The molecule has 0 saturated heterocycles. The Morgan fingerprint density at radius 2 is 1.77 bits per heavy atom. The highest BCUT2D eigenvalue weighted by atomic mass is 19.3. The molecule has 1 aromatic heterocycles. The molecule has 35 heavy (non-hydrogen) atoms. The van der Waals surface area contributed by atoms with Crippen molar-refractivity contribution in [3.05, 3.63) is 89.4 Å². The minimum atomic E-state index is -3.51. The number of ether oxygens (including phenoxy) is 1. The lowest BCUT2D eigenvalue weighted by atomic mass is 9.96. The molecule has 0 bridgehead atoms. The molecule has 0 spiro atoms. The lowest BCUT2D eigenvalue weighted by Gasteiger charge is -2.29. The number of hydrogen-bond donors (Lipinski definition) is 1. The van der Waals surface area contributed by atoms with E-state index in [1.54, 1.807) is 42.1 Å². The molecule has 0 aliphatic rings. The number of benzene rings is 3. The fraction of sp³-hybridized carbons (Fsp3) is 0.259. The van der Waals surface area contributed by atoms with Gasteiger partial charge < -0.3 is 10.1 Å². The molecule has 0 saturated carbocycles. The van der Waals surface area contributed by atoms with Gasteiger partial charge in [-0.3, -0.25) is 4.79 Å². The summed E-state index contributed by atoms with van der Waals surface area (Å²) in [4.78, 5) is 12.0. The first-order valence-corrected chi connectivity index (χ1v) is 11.2. The minimum Gasteiger partial charge on any atom is -0.484 e. The van der Waals surface area contributed by atoms with Crippen LogP contribution in [0.15, 0.2) is 66.9 Å². The Hall–Kier alpha value is -3.81. The lowest BCUT2D eigenvalue weighted by Crippen LogP contribution is -2.46. The van der Waals surface area contributed by atoms with Gasteiger partial charge >= 0.3 is 5.92 Å². The molecule has 0 radical (unpaired) electrons. The standard InChI is InChI=1S/C27H26F3N3O2/c1-16-5-6-17(2)23(13-16)25(18(3)32-26(34)27(4,29)30)35-22-11-12-24-19(14-22)15-31-33(24)21-9-7-20(28)8-10-21/h5-15,18,25H,1-4H3,(H,32,34)/t18-,25+/m0/s1. The fourth-order valence-electron chi connectivity index (χ4n) is 3.93. The van der Waals surface area contributed by atoms with E-state index in [9.17, 15) is 18.0 Å². The van der Waals surface area contributed by atoms with E-state index in [-0.39, 0.29) is 5.82 Å². The number of aromatic nitrogens is 2. The molecule has 0 fully saturated rings. The van der Waals surface area contributed by atoms with Crippen LogP contribution in [-0.2, 0) is 4.79 Å². The molecule has 1 heterocycles. The predicted octanol–water partition coefficient (Wildman–Crippen LogP) is 6.06. The Labute approximate surface area is 201 Å². The van der Waals surface area contributed by atoms with Gasteiger partial charge in [-0.25, -0.2) is 9.07 Å². The second-order valence-electron chi connectivity index (χ2n) is 8.80. The number of carbonyl (C=O) groups is 1. The van der Waals surface area contributed by atoms with Crippen LogP contribution < -0.4 is 10.1 Å². The molecular weight excluding hydrogens is 455 g/mol. The van der Waals surface area contributed by atoms with Gasteiger partial charge in [0, 0.05) is 12.3 Å². The largest absolute Gasteiger partial charge is 0.484 e. The second-order valence-corrected chi connectivity index (χ2v) is 8.80. The van der Waals surface area contributed by atoms with Crippen molar-refractivity contribution in [2.24, 2.45) is 0 Å². The monoisotopic (exact) mass is 481 g/mol. The Balaban J connectivity index is 1.68. The number of fused-ring (bicyclic) bond motifs is 1. The van der Waals surface area contributed by atoms with Crippen LogP contribution in [0.4, 0.5) is 13.2 Å². The first kappa shape index (κ1) is 24.3. The molecule has 5 nitrogen and oxygen atoms in total. The number of amides is 1. The lowest BCUT2D eigenvalue weighted by molar-refractivity contribution is -0.144. The van der Waals surface area contributed by atoms with Gasteiger partial charge in [-0.2, -0.15) is 13.9 Å². The molecule has 2 atom stereocenters. The van der Waals surface area contributed by atoms with E-state index in [0.717, 1.165) is 27.6 Å². The van der Waals surface area contributed by atoms with Gasteiger partial charge in [0.05, 0.1) is 23.4 Å². The molecule has 4 rings (SSSR count). The normalized spacial score (nSPS) is 13.5. The molecular formula is C27H26F3N3O2. The summed E-state index contributed by atoms with van der Waals surface area (Å²) in [7, 11) is 0. The van der Waals surface area contributed by atoms with E-state index in [1.807, 2.05) is 38.1 Å². The molecule has 1 N–H and O–H groups in total. The molecule has 3 aromatic carbocycles. The van der Waals surface area contributed by atoms with E-state index in [4.69, 9.17) is 4.74 Å². The van der Waals surface area contributed by atoms with E-state index >= 15 is 0 Å². The van der Waals surface area contributed by atoms with E-state index in [2.05, 4.69) is 10.4 Å². The Morgan fingerprint density at radius 1 is 1.06 bits per heavy atom. The summed E-state index contributed by atoms with van der Waals surface area (Å²) in [5.74, 6) is -4.71. The average molecular weight is 482 g/mol. The number of aryl methyl sites for hydroxylation is 2. The zero-order chi connectivity index (χ0) is 25.3. The van der Waals surface area contributed by atoms with Gasteiger partial charge in [0.25, 0.3) is 5.91 Å². The van der Waals surface area contributed by atoms with Crippen LogP contribution in [0, 0.1) is 19.7 Å². The van der Waals surface area contributed by atoms with Crippen LogP contribution in [0.3, 0.4) is 0 Å². The van der Waals surface area contributed by atoms with Crippen LogP contribution >= 0.6 is 0 Å². The third-order valence-corrected chi connectivity index (χ3v) is 5.83. The maximum Gasteiger partial charge on any atom is 0.321 e. The summed E-state index contributed by atoms with van der Waals surface area (Å²) in [6.45, 7) is 6.04. The summed E-state index contributed by atoms with van der Waals surface area (Å²) in [5, 5.41) is 7.57. The highest BCUT2D eigenvalue weighted by Gasteiger charge is 2.35. The average Bonchev–Trinajstić information content (AvgIpc) is 3.22. The Morgan fingerprint density at radius 3 is 2.46 bits per heavy atom. The van der Waals surface area contributed by atoms with Crippen LogP contribution in [0.25, 0.3) is 16.6 Å². The van der Waals surface area contributed by atoms with Gasteiger partial charge in [-0.05, 0) is 74.4 Å². The summed E-state index contributed by atoms with van der Waals surface area (Å²) in [6.07, 6.45) is 0.951. The number of carbonyl (C=O) groups excluding carboxylic acids is 1. The summed E-state index contributed by atoms with van der Waals surface area (Å²) in [6, 6.07) is 16.4. The highest BCUT2D eigenvalue weighted by Crippen LogP contribution is 2.31. The number of nitrogens with zero attached hydrogens (tertiary/aromatic N) is 2. The van der Waals surface area contributed by atoms with Gasteiger partial charge in [0.15, 0.2) is 0 Å². The van der Waals surface area contributed by atoms with Gasteiger partial charge in [-0.1, -0.05) is 23.8 Å². The Kier molecular flexibility index (Phi) is 6.56. The first-order chi connectivity index (χ1) is 16.5. The maximum atomic E-state index is 13.6. The SMILES string of the molecule is Cc1ccc(C)c([C@H](Oc2ccc3c(cnn3-c3ccc(F)cc3)c2)[C@H](C)NC(=O)C(C)(F)F)c1. The highest BCUT2D eigenvalue weighted by molar-refractivity contribution is 5.83. The van der Waals surface area contributed by atoms with Crippen molar-refractivity contribution < 1.29 is 22.7 Å². The van der Waals surface area contributed by atoms with Crippen molar-refractivity contribution in [2.75, 3.05) is 0 Å².